The Morgan fingerprint density at radius 2 is 1.75 bits per heavy atom. The van der Waals surface area contributed by atoms with Crippen LogP contribution in [-0.2, 0) is 56.6 Å². The summed E-state index contributed by atoms with van der Waals surface area (Å²) in [5.74, 6) is 2.31. The predicted molar refractivity (Wildman–Crippen MR) is 206 cm³/mol. The first-order valence-electron chi connectivity index (χ1n) is 18.5. The van der Waals surface area contributed by atoms with Gasteiger partial charge < -0.3 is 19.2 Å². The van der Waals surface area contributed by atoms with Crippen molar-refractivity contribution in [1.29, 1.82) is 0 Å². The Morgan fingerprint density at radius 3 is 2.54 bits per heavy atom. The van der Waals surface area contributed by atoms with Crippen molar-refractivity contribution in [2.75, 3.05) is 13.1 Å². The molecule has 272 valence electrons. The number of hydrogen-bond acceptors (Lipinski definition) is 11. The van der Waals surface area contributed by atoms with Crippen LogP contribution in [0.4, 0.5) is 0 Å². The van der Waals surface area contributed by atoms with E-state index >= 15 is 0 Å². The Labute approximate surface area is 311 Å². The van der Waals surface area contributed by atoms with Crippen LogP contribution >= 0.6 is 22.7 Å². The van der Waals surface area contributed by atoms with Gasteiger partial charge in [0.05, 0.1) is 55.3 Å². The minimum atomic E-state index is -0.456. The lowest BCUT2D eigenvalue weighted by Crippen LogP contribution is -2.33. The normalized spacial score (nSPS) is 16.8. The number of aromatic nitrogens is 4. The lowest BCUT2D eigenvalue weighted by atomic mass is 10.1. The maximum atomic E-state index is 13.2. The van der Waals surface area contributed by atoms with Crippen LogP contribution in [0.15, 0.2) is 57.9 Å². The van der Waals surface area contributed by atoms with E-state index < -0.39 is 6.10 Å². The van der Waals surface area contributed by atoms with Crippen molar-refractivity contribution >= 4 is 43.1 Å². The molecular formula is C40H46N6O4S2. The highest BCUT2D eigenvalue weighted by molar-refractivity contribution is 7.19. The number of hydrogen-bond donors (Lipinski definition) is 2. The van der Waals surface area contributed by atoms with Crippen LogP contribution in [0.2, 0.25) is 0 Å². The van der Waals surface area contributed by atoms with Crippen LogP contribution < -0.4 is 5.56 Å². The first-order chi connectivity index (χ1) is 25.3. The van der Waals surface area contributed by atoms with Gasteiger partial charge in [0.1, 0.15) is 27.1 Å². The molecule has 0 radical (unpaired) electrons. The molecule has 10 nitrogen and oxygen atoms in total. The zero-order valence-electron chi connectivity index (χ0n) is 30.1. The Hall–Kier alpha value is -3.78. The van der Waals surface area contributed by atoms with Crippen LogP contribution in [0, 0.1) is 0 Å². The first kappa shape index (κ1) is 35.3. The van der Waals surface area contributed by atoms with E-state index in [1.54, 1.807) is 28.9 Å². The van der Waals surface area contributed by atoms with Crippen molar-refractivity contribution in [2.45, 2.75) is 104 Å². The van der Waals surface area contributed by atoms with Crippen molar-refractivity contribution in [2.24, 2.45) is 0 Å². The molecular weight excluding hydrogens is 693 g/mol. The molecule has 8 rings (SSSR count). The quantitative estimate of drug-likeness (QED) is 0.114. The second-order valence-corrected chi connectivity index (χ2v) is 16.5. The van der Waals surface area contributed by atoms with E-state index in [1.165, 1.54) is 31.8 Å². The number of H-pyrrole nitrogens is 1. The monoisotopic (exact) mass is 738 g/mol. The number of aromatic amines is 1. The van der Waals surface area contributed by atoms with Gasteiger partial charge in [0.15, 0.2) is 0 Å². The summed E-state index contributed by atoms with van der Waals surface area (Å²) in [6, 6.07) is 14.2. The molecule has 0 saturated carbocycles. The average molecular weight is 739 g/mol. The van der Waals surface area contributed by atoms with Crippen molar-refractivity contribution in [3.05, 3.63) is 109 Å². The fourth-order valence-electron chi connectivity index (χ4n) is 8.00. The van der Waals surface area contributed by atoms with Gasteiger partial charge in [-0.3, -0.25) is 14.6 Å². The van der Waals surface area contributed by atoms with Crippen LogP contribution in [0.25, 0.3) is 20.4 Å². The third-order valence-corrected chi connectivity index (χ3v) is 12.5. The van der Waals surface area contributed by atoms with Gasteiger partial charge in [0, 0.05) is 34.8 Å². The molecule has 0 fully saturated rings. The van der Waals surface area contributed by atoms with Gasteiger partial charge in [-0.05, 0) is 81.2 Å². The molecule has 2 N–H and O–H groups in total. The summed E-state index contributed by atoms with van der Waals surface area (Å²) < 4.78 is 12.6. The van der Waals surface area contributed by atoms with Crippen LogP contribution in [0.1, 0.15) is 89.3 Å². The SMILES string of the molecule is CCc1nc(CN(Cc2ccccc2)CC(C)O)nc2sc3c(c12)CCC3OC(C)CN(Cc1nc2sc3c(c2c(=O)[nH]1)CCC3)Cc1ccco1. The van der Waals surface area contributed by atoms with Crippen molar-refractivity contribution in [3.8, 4) is 0 Å². The van der Waals surface area contributed by atoms with Crippen molar-refractivity contribution in [1.82, 2.24) is 29.7 Å². The van der Waals surface area contributed by atoms with E-state index in [0.717, 1.165) is 77.4 Å². The number of rotatable bonds is 15. The minimum absolute atomic E-state index is 0.0181. The minimum Gasteiger partial charge on any atom is -0.468 e. The number of thiophene rings is 2. The molecule has 1 aromatic carbocycles. The number of nitrogens with one attached hydrogen (secondary N) is 1. The molecule has 5 aromatic heterocycles. The van der Waals surface area contributed by atoms with Crippen LogP contribution in [0.5, 0.6) is 0 Å². The third-order valence-electron chi connectivity index (χ3n) is 10.1. The van der Waals surface area contributed by atoms with E-state index in [2.05, 4.69) is 40.8 Å². The maximum Gasteiger partial charge on any atom is 0.259 e. The molecule has 0 bridgehead atoms. The number of aliphatic hydroxyl groups is 1. The van der Waals surface area contributed by atoms with E-state index in [4.69, 9.17) is 24.1 Å². The molecule has 12 heteroatoms. The van der Waals surface area contributed by atoms with Crippen LogP contribution in [0.3, 0.4) is 0 Å². The molecule has 3 atom stereocenters. The number of aliphatic hydroxyl groups excluding tert-OH is 1. The third kappa shape index (κ3) is 7.50. The van der Waals surface area contributed by atoms with Gasteiger partial charge in [0.2, 0.25) is 0 Å². The number of nitrogens with zero attached hydrogens (tertiary/aromatic N) is 5. The number of fused-ring (bicyclic) bond motifs is 6. The second kappa shape index (κ2) is 15.3. The molecule has 0 amide bonds. The number of benzene rings is 1. The molecule has 2 aliphatic rings. The zero-order chi connectivity index (χ0) is 35.8. The van der Waals surface area contributed by atoms with Gasteiger partial charge in [-0.15, -0.1) is 22.7 Å². The smallest absolute Gasteiger partial charge is 0.259 e. The highest BCUT2D eigenvalue weighted by atomic mass is 32.1. The number of furan rings is 1. The van der Waals surface area contributed by atoms with Gasteiger partial charge in [0.25, 0.3) is 5.56 Å². The zero-order valence-corrected chi connectivity index (χ0v) is 31.7. The largest absolute Gasteiger partial charge is 0.468 e. The summed E-state index contributed by atoms with van der Waals surface area (Å²) in [6.07, 6.45) is 6.95. The fourth-order valence-corrected chi connectivity index (χ4v) is 10.6. The lowest BCUT2D eigenvalue weighted by Gasteiger charge is -2.26. The second-order valence-electron chi connectivity index (χ2n) is 14.3. The van der Waals surface area contributed by atoms with E-state index in [9.17, 15) is 9.90 Å². The number of ether oxygens (including phenoxy) is 1. The van der Waals surface area contributed by atoms with Crippen molar-refractivity contribution in [3.63, 3.8) is 0 Å². The highest BCUT2D eigenvalue weighted by Gasteiger charge is 2.32. The predicted octanol–water partition coefficient (Wildman–Crippen LogP) is 7.11. The molecule has 0 spiro atoms. The van der Waals surface area contributed by atoms with Gasteiger partial charge in [-0.1, -0.05) is 37.3 Å². The summed E-state index contributed by atoms with van der Waals surface area (Å²) in [7, 11) is 0. The van der Waals surface area contributed by atoms with Gasteiger partial charge >= 0.3 is 0 Å². The Bertz CT molecular complexity index is 2210. The summed E-state index contributed by atoms with van der Waals surface area (Å²) in [5, 5.41) is 12.2. The van der Waals surface area contributed by atoms with Gasteiger partial charge in [-0.25, -0.2) is 15.0 Å². The molecule has 0 aliphatic heterocycles. The number of aryl methyl sites for hydroxylation is 4. The topological polar surface area (TPSA) is 121 Å². The van der Waals surface area contributed by atoms with E-state index in [-0.39, 0.29) is 17.8 Å². The molecule has 3 unspecified atom stereocenters. The summed E-state index contributed by atoms with van der Waals surface area (Å²) in [6.45, 7) is 9.65. The molecule has 5 heterocycles. The highest BCUT2D eigenvalue weighted by Crippen LogP contribution is 2.45. The Kier molecular flexibility index (Phi) is 10.4. The first-order valence-corrected chi connectivity index (χ1v) is 20.1. The van der Waals surface area contributed by atoms with Crippen LogP contribution in [-0.4, -0.2) is 60.1 Å². The summed E-state index contributed by atoms with van der Waals surface area (Å²) >= 11 is 3.41. The summed E-state index contributed by atoms with van der Waals surface area (Å²) in [4.78, 5) is 40.4. The average Bonchev–Trinajstić information content (AvgIpc) is 3.94. The standard InChI is InChI=1S/C40H46N6O4S2/c1-4-30-35-29-15-16-31(37(29)52-39(35)43-33(41-30)22-45(18-24(2)47)20-26-10-6-5-7-11-26)50-25(3)19-46(21-27-12-9-17-49-27)23-34-42-38(48)36-28-13-8-14-32(28)51-40(36)44-34/h5-7,9-12,17,24-25,31,47H,4,8,13-16,18-23H2,1-3H3,(H,42,44,48). The van der Waals surface area contributed by atoms with E-state index in [0.29, 0.717) is 38.5 Å². The van der Waals surface area contributed by atoms with E-state index in [1.807, 2.05) is 37.3 Å². The molecule has 0 saturated heterocycles. The molecule has 2 aliphatic carbocycles. The Balaban J connectivity index is 0.997. The molecule has 52 heavy (non-hydrogen) atoms. The lowest BCUT2D eigenvalue weighted by molar-refractivity contribution is -0.0218. The molecule has 6 aromatic rings. The van der Waals surface area contributed by atoms with Gasteiger partial charge in [-0.2, -0.15) is 0 Å². The van der Waals surface area contributed by atoms with Crippen molar-refractivity contribution < 1.29 is 14.3 Å². The fraction of sp³-hybridized carbons (Fsp3) is 0.450. The Morgan fingerprint density at radius 1 is 0.923 bits per heavy atom. The maximum absolute atomic E-state index is 13.2. The summed E-state index contributed by atoms with van der Waals surface area (Å²) in [5.41, 5.74) is 4.78.